The molecule has 4 rings (SSSR count). The van der Waals surface area contributed by atoms with Crippen molar-refractivity contribution in [3.63, 3.8) is 0 Å². The Kier molecular flexibility index (Phi) is 4.87. The van der Waals surface area contributed by atoms with Gasteiger partial charge in [0.05, 0.1) is 5.03 Å². The summed E-state index contributed by atoms with van der Waals surface area (Å²) in [7, 11) is 0. The maximum atomic E-state index is 6.09. The zero-order valence-corrected chi connectivity index (χ0v) is 16.0. The Morgan fingerprint density at radius 1 is 0.769 bits per heavy atom. The number of para-hydroxylation sites is 1. The van der Waals surface area contributed by atoms with Crippen LogP contribution in [0.25, 0.3) is 16.8 Å². The van der Waals surface area contributed by atoms with Crippen LogP contribution in [0.4, 0.5) is 0 Å². The van der Waals surface area contributed by atoms with E-state index in [1.807, 2.05) is 24.3 Å². The Bertz CT molecular complexity index is 1010. The molecule has 0 atom stereocenters. The molecule has 0 bridgehead atoms. The van der Waals surface area contributed by atoms with E-state index in [4.69, 9.17) is 11.6 Å². The minimum absolute atomic E-state index is 0.755. The number of hydrogen-bond acceptors (Lipinski definition) is 1. The lowest BCUT2D eigenvalue weighted by atomic mass is 10.1. The lowest BCUT2D eigenvalue weighted by Gasteiger charge is -2.13. The minimum atomic E-state index is 0.755. The van der Waals surface area contributed by atoms with Gasteiger partial charge in [-0.15, -0.1) is 0 Å². The molecule has 0 aliphatic carbocycles. The molecule has 4 aromatic rings. The van der Waals surface area contributed by atoms with Crippen LogP contribution in [0.15, 0.2) is 101 Å². The molecule has 3 aromatic carbocycles. The van der Waals surface area contributed by atoms with Crippen LogP contribution in [0, 0.1) is 6.92 Å². The van der Waals surface area contributed by atoms with E-state index < -0.39 is 0 Å². The zero-order chi connectivity index (χ0) is 17.9. The summed E-state index contributed by atoms with van der Waals surface area (Å²) in [6.45, 7) is 2.15. The molecule has 0 aliphatic heterocycles. The Labute approximate surface area is 163 Å². The molecule has 0 saturated heterocycles. The summed E-state index contributed by atoms with van der Waals surface area (Å²) in [4.78, 5) is 1.22. The van der Waals surface area contributed by atoms with Gasteiger partial charge in [-0.3, -0.25) is 0 Å². The zero-order valence-electron chi connectivity index (χ0n) is 14.4. The van der Waals surface area contributed by atoms with Crippen molar-refractivity contribution >= 4 is 23.4 Å². The maximum Gasteiger partial charge on any atom is 0.0924 e. The van der Waals surface area contributed by atoms with E-state index in [9.17, 15) is 0 Å². The van der Waals surface area contributed by atoms with Crippen LogP contribution in [-0.4, -0.2) is 4.57 Å². The average molecular weight is 376 g/mol. The third-order valence-corrected chi connectivity index (χ3v) is 5.62. The number of aryl methyl sites for hydroxylation is 1. The molecule has 1 nitrogen and oxygen atoms in total. The van der Waals surface area contributed by atoms with Crippen molar-refractivity contribution in [2.24, 2.45) is 0 Å². The first-order valence-corrected chi connectivity index (χ1v) is 9.68. The van der Waals surface area contributed by atoms with Crippen molar-refractivity contribution < 1.29 is 0 Å². The summed E-state index contributed by atoms with van der Waals surface area (Å²) in [5, 5.41) is 1.97. The molecule has 26 heavy (non-hydrogen) atoms. The number of halogens is 1. The summed E-state index contributed by atoms with van der Waals surface area (Å²) in [6, 6.07) is 31.3. The number of rotatable bonds is 4. The number of benzene rings is 3. The molecule has 0 amide bonds. The van der Waals surface area contributed by atoms with Gasteiger partial charge in [-0.05, 0) is 55.0 Å². The minimum Gasteiger partial charge on any atom is -0.308 e. The fourth-order valence-electron chi connectivity index (χ4n) is 3.05. The second-order valence-electron chi connectivity index (χ2n) is 6.10. The highest BCUT2D eigenvalue weighted by molar-refractivity contribution is 7.99. The van der Waals surface area contributed by atoms with E-state index in [1.54, 1.807) is 11.8 Å². The van der Waals surface area contributed by atoms with Gasteiger partial charge in [0.2, 0.25) is 0 Å². The molecule has 1 aromatic heterocycles. The quantitative estimate of drug-likeness (QED) is 0.363. The van der Waals surface area contributed by atoms with E-state index in [0.717, 1.165) is 5.02 Å². The summed E-state index contributed by atoms with van der Waals surface area (Å²) in [5.74, 6) is 0. The van der Waals surface area contributed by atoms with E-state index >= 15 is 0 Å². The molecule has 0 aliphatic rings. The number of hydrogen-bond donors (Lipinski definition) is 0. The highest BCUT2D eigenvalue weighted by Crippen LogP contribution is 2.40. The van der Waals surface area contributed by atoms with Gasteiger partial charge in [0, 0.05) is 26.9 Å². The monoisotopic (exact) mass is 375 g/mol. The summed E-state index contributed by atoms with van der Waals surface area (Å²) in [6.07, 6.45) is 0. The fourth-order valence-corrected chi connectivity index (χ4v) is 4.32. The first-order valence-electron chi connectivity index (χ1n) is 8.49. The maximum absolute atomic E-state index is 6.09. The van der Waals surface area contributed by atoms with Crippen LogP contribution < -0.4 is 0 Å². The van der Waals surface area contributed by atoms with Crippen molar-refractivity contribution in [2.75, 3.05) is 0 Å². The largest absolute Gasteiger partial charge is 0.308 e. The van der Waals surface area contributed by atoms with Crippen LogP contribution in [0.3, 0.4) is 0 Å². The van der Waals surface area contributed by atoms with Crippen LogP contribution in [0.2, 0.25) is 5.02 Å². The van der Waals surface area contributed by atoms with Gasteiger partial charge in [0.15, 0.2) is 0 Å². The van der Waals surface area contributed by atoms with Gasteiger partial charge in [-0.2, -0.15) is 0 Å². The Balaban J connectivity index is 1.90. The topological polar surface area (TPSA) is 4.93 Å². The standard InChI is InChI=1S/C23H18ClNS/c1-17-16-22(18-12-14-19(24)15-13-18)23(26-21-10-6-3-7-11-21)25(17)20-8-4-2-5-9-20/h2-16H,1H3. The molecule has 0 saturated carbocycles. The first kappa shape index (κ1) is 17.0. The van der Waals surface area contributed by atoms with E-state index in [-0.39, 0.29) is 0 Å². The smallest absolute Gasteiger partial charge is 0.0924 e. The molecule has 0 unspecified atom stereocenters. The van der Waals surface area contributed by atoms with Crippen molar-refractivity contribution in [3.8, 4) is 16.8 Å². The number of nitrogens with zero attached hydrogens (tertiary/aromatic N) is 1. The highest BCUT2D eigenvalue weighted by Gasteiger charge is 2.17. The highest BCUT2D eigenvalue weighted by atomic mass is 35.5. The molecule has 128 valence electrons. The Morgan fingerprint density at radius 2 is 1.38 bits per heavy atom. The van der Waals surface area contributed by atoms with E-state index in [0.29, 0.717) is 0 Å². The van der Waals surface area contributed by atoms with Gasteiger partial charge in [-0.25, -0.2) is 0 Å². The third-order valence-electron chi connectivity index (χ3n) is 4.27. The van der Waals surface area contributed by atoms with Gasteiger partial charge in [-0.1, -0.05) is 71.9 Å². The van der Waals surface area contributed by atoms with Crippen molar-refractivity contribution in [1.29, 1.82) is 0 Å². The number of aromatic nitrogens is 1. The van der Waals surface area contributed by atoms with Gasteiger partial charge < -0.3 is 4.57 Å². The molecule has 0 spiro atoms. The summed E-state index contributed by atoms with van der Waals surface area (Å²) in [5.41, 5.74) is 4.77. The molecular formula is C23H18ClNS. The van der Waals surface area contributed by atoms with Crippen LogP contribution in [0.5, 0.6) is 0 Å². The molecule has 3 heteroatoms. The molecular weight excluding hydrogens is 358 g/mol. The summed E-state index contributed by atoms with van der Waals surface area (Å²) < 4.78 is 2.32. The lowest BCUT2D eigenvalue weighted by molar-refractivity contribution is 0.915. The van der Waals surface area contributed by atoms with Crippen LogP contribution in [-0.2, 0) is 0 Å². The van der Waals surface area contributed by atoms with E-state index in [1.165, 1.54) is 32.4 Å². The second-order valence-corrected chi connectivity index (χ2v) is 7.60. The lowest BCUT2D eigenvalue weighted by Crippen LogP contribution is -1.98. The van der Waals surface area contributed by atoms with Crippen LogP contribution in [0.1, 0.15) is 5.69 Å². The fraction of sp³-hybridized carbons (Fsp3) is 0.0435. The van der Waals surface area contributed by atoms with Gasteiger partial charge in [0.1, 0.15) is 0 Å². The average Bonchev–Trinajstić information content (AvgIpc) is 3.00. The van der Waals surface area contributed by atoms with Crippen LogP contribution >= 0.6 is 23.4 Å². The molecule has 1 heterocycles. The van der Waals surface area contributed by atoms with Crippen molar-refractivity contribution in [1.82, 2.24) is 4.57 Å². The Morgan fingerprint density at radius 3 is 2.04 bits per heavy atom. The van der Waals surface area contributed by atoms with Crippen molar-refractivity contribution in [3.05, 3.63) is 102 Å². The van der Waals surface area contributed by atoms with Crippen molar-refractivity contribution in [2.45, 2.75) is 16.8 Å². The third kappa shape index (κ3) is 3.44. The normalized spacial score (nSPS) is 10.8. The summed E-state index contributed by atoms with van der Waals surface area (Å²) >= 11 is 7.88. The second kappa shape index (κ2) is 7.45. The predicted molar refractivity (Wildman–Crippen MR) is 112 cm³/mol. The van der Waals surface area contributed by atoms with Gasteiger partial charge in [0.25, 0.3) is 0 Å². The molecule has 0 radical (unpaired) electrons. The SMILES string of the molecule is Cc1cc(-c2ccc(Cl)cc2)c(Sc2ccccc2)n1-c1ccccc1. The molecule has 0 N–H and O–H groups in total. The predicted octanol–water partition coefficient (Wildman–Crippen LogP) is 7.26. The van der Waals surface area contributed by atoms with Gasteiger partial charge >= 0.3 is 0 Å². The first-order chi connectivity index (χ1) is 12.7. The van der Waals surface area contributed by atoms with E-state index in [2.05, 4.69) is 78.2 Å². The Hall–Kier alpha value is -2.42. The molecule has 0 fully saturated rings.